The molecule has 0 aliphatic carbocycles. The van der Waals surface area contributed by atoms with Crippen molar-refractivity contribution >= 4 is 16.0 Å². The van der Waals surface area contributed by atoms with Crippen molar-refractivity contribution in [3.63, 3.8) is 0 Å². The molecular weight excluding hydrogens is 344 g/mol. The molecule has 1 aliphatic heterocycles. The van der Waals surface area contributed by atoms with E-state index >= 15 is 0 Å². The van der Waals surface area contributed by atoms with Gasteiger partial charge in [-0.1, -0.05) is 17.3 Å². The Bertz CT molecular complexity index is 874. The predicted molar refractivity (Wildman–Crippen MR) is 90.0 cm³/mol. The van der Waals surface area contributed by atoms with Gasteiger partial charge in [-0.25, -0.2) is 8.42 Å². The highest BCUT2D eigenvalue weighted by Crippen LogP contribution is 2.41. The average Bonchev–Trinajstić information content (AvgIpc) is 3.21. The number of esters is 1. The summed E-state index contributed by atoms with van der Waals surface area (Å²) < 4.78 is 38.0. The summed E-state index contributed by atoms with van der Waals surface area (Å²) in [4.78, 5) is 12.2. The van der Waals surface area contributed by atoms with Crippen LogP contribution in [0.25, 0.3) is 11.3 Å². The molecule has 134 valence electrons. The largest absolute Gasteiger partial charge is 0.469 e. The molecule has 1 atom stereocenters. The van der Waals surface area contributed by atoms with E-state index in [2.05, 4.69) is 5.16 Å². The van der Waals surface area contributed by atoms with Gasteiger partial charge in [0.1, 0.15) is 0 Å². The lowest BCUT2D eigenvalue weighted by Gasteiger charge is -2.34. The topological polar surface area (TPSA) is 89.7 Å². The molecule has 0 amide bonds. The van der Waals surface area contributed by atoms with Gasteiger partial charge < -0.3 is 9.26 Å². The minimum absolute atomic E-state index is 0.130. The first-order chi connectivity index (χ1) is 11.8. The first-order valence-corrected chi connectivity index (χ1v) is 9.35. The Balaban J connectivity index is 2.06. The summed E-state index contributed by atoms with van der Waals surface area (Å²) in [5.74, 6) is -0.531. The third-order valence-electron chi connectivity index (χ3n) is 4.76. The lowest BCUT2D eigenvalue weighted by atomic mass is 9.89. The molecule has 7 nitrogen and oxygen atoms in total. The second-order valence-corrected chi connectivity index (χ2v) is 8.30. The van der Waals surface area contributed by atoms with Gasteiger partial charge in [-0.15, -0.1) is 0 Å². The summed E-state index contributed by atoms with van der Waals surface area (Å²) in [7, 11) is -2.53. The maximum atomic E-state index is 13.3. The van der Waals surface area contributed by atoms with Crippen molar-refractivity contribution in [1.82, 2.24) is 9.46 Å². The van der Waals surface area contributed by atoms with Gasteiger partial charge in [-0.3, -0.25) is 4.79 Å². The van der Waals surface area contributed by atoms with Crippen LogP contribution in [0.15, 0.2) is 45.9 Å². The minimum atomic E-state index is -3.84. The average molecular weight is 364 g/mol. The Hall–Kier alpha value is -2.19. The quantitative estimate of drug-likeness (QED) is 0.774. The highest BCUT2D eigenvalue weighted by Gasteiger charge is 2.51. The predicted octanol–water partition coefficient (Wildman–Crippen LogP) is 2.30. The number of nitrogens with zero attached hydrogens (tertiary/aromatic N) is 2. The fourth-order valence-electron chi connectivity index (χ4n) is 3.41. The molecule has 1 aliphatic rings. The molecule has 0 radical (unpaired) electrons. The van der Waals surface area contributed by atoms with Gasteiger partial charge in [0, 0.05) is 23.7 Å². The fraction of sp³-hybridized carbons (Fsp3) is 0.412. The van der Waals surface area contributed by atoms with Crippen molar-refractivity contribution in [3.8, 4) is 11.3 Å². The van der Waals surface area contributed by atoms with E-state index in [0.29, 0.717) is 17.7 Å². The number of rotatable bonds is 4. The van der Waals surface area contributed by atoms with Crippen molar-refractivity contribution < 1.29 is 22.5 Å². The van der Waals surface area contributed by atoms with Crippen molar-refractivity contribution in [2.75, 3.05) is 13.7 Å². The lowest BCUT2D eigenvalue weighted by molar-refractivity contribution is -0.147. The maximum Gasteiger partial charge on any atom is 0.310 e. The number of benzene rings is 1. The Morgan fingerprint density at radius 2 is 2.04 bits per heavy atom. The summed E-state index contributed by atoms with van der Waals surface area (Å²) in [6.45, 7) is 3.74. The summed E-state index contributed by atoms with van der Waals surface area (Å²) in [6.07, 6.45) is 1.88. The van der Waals surface area contributed by atoms with Crippen LogP contribution in [0.3, 0.4) is 0 Å². The molecule has 3 rings (SSSR count). The number of hydrogen-bond acceptors (Lipinski definition) is 6. The third-order valence-corrected chi connectivity index (χ3v) is 6.91. The van der Waals surface area contributed by atoms with Crippen LogP contribution in [0.2, 0.25) is 0 Å². The molecule has 1 fully saturated rings. The van der Waals surface area contributed by atoms with Crippen LogP contribution < -0.4 is 0 Å². The number of methoxy groups -OCH3 is 1. The highest BCUT2D eigenvalue weighted by molar-refractivity contribution is 7.89. The Morgan fingerprint density at radius 3 is 2.68 bits per heavy atom. The zero-order chi connectivity index (χ0) is 18.2. The molecule has 1 saturated heterocycles. The van der Waals surface area contributed by atoms with Crippen LogP contribution in [-0.4, -0.2) is 43.0 Å². The number of sulfonamides is 1. The Kier molecular flexibility index (Phi) is 4.42. The van der Waals surface area contributed by atoms with E-state index < -0.39 is 27.4 Å². The van der Waals surface area contributed by atoms with Crippen LogP contribution in [0, 0.1) is 5.92 Å². The second kappa shape index (κ2) is 6.27. The van der Waals surface area contributed by atoms with E-state index in [9.17, 15) is 13.2 Å². The first kappa shape index (κ1) is 17.6. The van der Waals surface area contributed by atoms with E-state index in [1.54, 1.807) is 38.1 Å². The molecule has 1 aromatic heterocycles. The number of aromatic nitrogens is 1. The van der Waals surface area contributed by atoms with Gasteiger partial charge in [0.25, 0.3) is 0 Å². The Labute approximate surface area is 146 Å². The number of ether oxygens (including phenoxy) is 1. The standard InChI is InChI=1S/C17H20N2O5S/c1-17(2)13(16(20)23-3)9-11-19(17)25(21,22)15-7-5-4-6-12(15)14-8-10-18-24-14/h4-8,10,13H,9,11H2,1-3H3. The molecule has 1 aromatic carbocycles. The summed E-state index contributed by atoms with van der Waals surface area (Å²) in [6, 6.07) is 8.22. The van der Waals surface area contributed by atoms with Gasteiger partial charge in [0.15, 0.2) is 5.76 Å². The zero-order valence-corrected chi connectivity index (χ0v) is 15.1. The lowest BCUT2D eigenvalue weighted by Crippen LogP contribution is -2.48. The second-order valence-electron chi connectivity index (χ2n) is 6.47. The molecule has 1 unspecified atom stereocenters. The van der Waals surface area contributed by atoms with E-state index in [4.69, 9.17) is 9.26 Å². The monoisotopic (exact) mass is 364 g/mol. The molecule has 8 heteroatoms. The SMILES string of the molecule is COC(=O)C1CCN(S(=O)(=O)c2ccccc2-c2ccno2)C1(C)C. The van der Waals surface area contributed by atoms with Crippen molar-refractivity contribution in [3.05, 3.63) is 36.5 Å². The van der Waals surface area contributed by atoms with Crippen molar-refractivity contribution in [2.24, 2.45) is 5.92 Å². The van der Waals surface area contributed by atoms with Crippen LogP contribution in [0.4, 0.5) is 0 Å². The number of carbonyl (C=O) groups excluding carboxylic acids is 1. The smallest absolute Gasteiger partial charge is 0.310 e. The van der Waals surface area contributed by atoms with Crippen LogP contribution in [0.1, 0.15) is 20.3 Å². The number of hydrogen-bond donors (Lipinski definition) is 0. The molecular formula is C17H20N2O5S. The van der Waals surface area contributed by atoms with E-state index in [1.165, 1.54) is 23.7 Å². The highest BCUT2D eigenvalue weighted by atomic mass is 32.2. The third kappa shape index (κ3) is 2.85. The Morgan fingerprint density at radius 1 is 1.32 bits per heavy atom. The molecule has 0 bridgehead atoms. The van der Waals surface area contributed by atoms with Gasteiger partial charge >= 0.3 is 5.97 Å². The van der Waals surface area contributed by atoms with Gasteiger partial charge in [0.05, 0.1) is 24.1 Å². The molecule has 0 saturated carbocycles. The van der Waals surface area contributed by atoms with Crippen molar-refractivity contribution in [2.45, 2.75) is 30.7 Å². The van der Waals surface area contributed by atoms with E-state index in [-0.39, 0.29) is 11.4 Å². The van der Waals surface area contributed by atoms with Gasteiger partial charge in [-0.2, -0.15) is 4.31 Å². The van der Waals surface area contributed by atoms with E-state index in [1.807, 2.05) is 0 Å². The molecule has 2 heterocycles. The van der Waals surface area contributed by atoms with Crippen LogP contribution in [-0.2, 0) is 19.6 Å². The van der Waals surface area contributed by atoms with Gasteiger partial charge in [-0.05, 0) is 32.4 Å². The summed E-state index contributed by atoms with van der Waals surface area (Å²) >= 11 is 0. The first-order valence-electron chi connectivity index (χ1n) is 7.91. The summed E-state index contributed by atoms with van der Waals surface area (Å²) in [5, 5.41) is 3.65. The molecule has 2 aromatic rings. The van der Waals surface area contributed by atoms with Crippen molar-refractivity contribution in [1.29, 1.82) is 0 Å². The molecule has 0 spiro atoms. The van der Waals surface area contributed by atoms with Gasteiger partial charge in [0.2, 0.25) is 10.0 Å². The number of carbonyl (C=O) groups is 1. The summed E-state index contributed by atoms with van der Waals surface area (Å²) in [5.41, 5.74) is -0.446. The van der Waals surface area contributed by atoms with Crippen LogP contribution in [0.5, 0.6) is 0 Å². The fourth-order valence-corrected chi connectivity index (χ4v) is 5.44. The zero-order valence-electron chi connectivity index (χ0n) is 14.3. The normalized spacial score (nSPS) is 20.5. The maximum absolute atomic E-state index is 13.3. The van der Waals surface area contributed by atoms with Crippen LogP contribution >= 0.6 is 0 Å². The molecule has 0 N–H and O–H groups in total. The van der Waals surface area contributed by atoms with E-state index in [0.717, 1.165) is 0 Å². The molecule has 25 heavy (non-hydrogen) atoms. The minimum Gasteiger partial charge on any atom is -0.469 e.